The molecule has 12 nitrogen and oxygen atoms in total. The van der Waals surface area contributed by atoms with Crippen LogP contribution in [0.4, 0.5) is 17.8 Å². The third kappa shape index (κ3) is 12.3. The molecule has 0 aliphatic carbocycles. The first kappa shape index (κ1) is 40.3. The average molecular weight is 703 g/mol. The first-order valence-corrected chi connectivity index (χ1v) is 19.3. The number of anilines is 3. The first-order chi connectivity index (χ1) is 24.3. The second-order valence-corrected chi connectivity index (χ2v) is 15.6. The third-order valence-electron chi connectivity index (χ3n) is 9.78. The molecule has 0 amide bonds. The fraction of sp³-hybridized carbons (Fsp3) is 0.692. The summed E-state index contributed by atoms with van der Waals surface area (Å²) in [6.07, 6.45) is 5.62. The molecular weight excluding hydrogens is 637 g/mol. The average Bonchev–Trinajstić information content (AvgIpc) is 3.15. The van der Waals surface area contributed by atoms with E-state index in [1.807, 2.05) is 36.8 Å². The summed E-state index contributed by atoms with van der Waals surface area (Å²) in [5.74, 6) is 4.05. The standard InChI is InChI=1S/C15H26N4.C13H22N4.C11H18N4/c1-12(2)13-6-7-16-14(17-13)18-8-10-19(11-9-18)15(3,4)5;1-4-16-7-9-17(10-8-16)13-14-6-5-12(15-13)11(2)3;1-9(2)10-3-4-13-11(14-10)15-7-5-12-6-8-15/h6-7,12H,8-11H2,1-5H3;5-6,11H,4,7-10H2,1-3H3;3-4,9,12H,5-8H2,1-2H3. The van der Waals surface area contributed by atoms with Crippen molar-refractivity contribution < 1.29 is 0 Å². The van der Waals surface area contributed by atoms with Crippen LogP contribution in [-0.4, -0.2) is 130 Å². The highest BCUT2D eigenvalue weighted by Crippen LogP contribution is 2.20. The van der Waals surface area contributed by atoms with Crippen molar-refractivity contribution in [1.82, 2.24) is 45.0 Å². The number of nitrogens with zero attached hydrogens (tertiary/aromatic N) is 11. The molecule has 12 heteroatoms. The molecule has 3 fully saturated rings. The monoisotopic (exact) mass is 703 g/mol. The molecule has 1 N–H and O–H groups in total. The minimum atomic E-state index is 0.257. The van der Waals surface area contributed by atoms with Gasteiger partial charge in [-0.2, -0.15) is 0 Å². The highest BCUT2D eigenvalue weighted by molar-refractivity contribution is 5.33. The van der Waals surface area contributed by atoms with E-state index in [4.69, 9.17) is 0 Å². The topological polar surface area (TPSA) is 106 Å². The minimum absolute atomic E-state index is 0.257. The number of piperazine rings is 3. The molecule has 0 saturated carbocycles. The van der Waals surface area contributed by atoms with Gasteiger partial charge in [0, 0.05) is 120 Å². The molecule has 3 aliphatic heterocycles. The largest absolute Gasteiger partial charge is 0.338 e. The molecule has 6 heterocycles. The maximum atomic E-state index is 4.68. The van der Waals surface area contributed by atoms with Crippen molar-refractivity contribution in [1.29, 1.82) is 0 Å². The van der Waals surface area contributed by atoms with E-state index >= 15 is 0 Å². The number of hydrogen-bond donors (Lipinski definition) is 1. The SMILES string of the molecule is CC(C)c1ccnc(N2CCN(C(C)(C)C)CC2)n1.CC(C)c1ccnc(N2CCNCC2)n1.CCN1CCN(c2nccc(C(C)C)n2)CC1. The Hall–Kier alpha value is -3.48. The normalized spacial score (nSPS) is 17.7. The van der Waals surface area contributed by atoms with Crippen molar-refractivity contribution in [2.75, 3.05) is 99.8 Å². The van der Waals surface area contributed by atoms with Crippen LogP contribution in [-0.2, 0) is 0 Å². The Labute approximate surface area is 308 Å². The van der Waals surface area contributed by atoms with Gasteiger partial charge in [-0.25, -0.2) is 29.9 Å². The molecule has 0 atom stereocenters. The quantitative estimate of drug-likeness (QED) is 0.347. The van der Waals surface area contributed by atoms with Gasteiger partial charge in [-0.3, -0.25) is 4.90 Å². The van der Waals surface area contributed by atoms with Crippen molar-refractivity contribution in [2.24, 2.45) is 0 Å². The predicted molar refractivity (Wildman–Crippen MR) is 211 cm³/mol. The number of hydrogen-bond acceptors (Lipinski definition) is 12. The molecule has 0 bridgehead atoms. The summed E-state index contributed by atoms with van der Waals surface area (Å²) in [5.41, 5.74) is 3.64. The number of nitrogens with one attached hydrogen (secondary N) is 1. The maximum absolute atomic E-state index is 4.68. The molecule has 0 radical (unpaired) electrons. The van der Waals surface area contributed by atoms with Crippen LogP contribution >= 0.6 is 0 Å². The lowest BCUT2D eigenvalue weighted by Crippen LogP contribution is -2.53. The van der Waals surface area contributed by atoms with Gasteiger partial charge in [0.15, 0.2) is 0 Å². The minimum Gasteiger partial charge on any atom is -0.338 e. The van der Waals surface area contributed by atoms with Crippen LogP contribution in [0.2, 0.25) is 0 Å². The van der Waals surface area contributed by atoms with Crippen molar-refractivity contribution >= 4 is 17.8 Å². The molecule has 51 heavy (non-hydrogen) atoms. The molecule has 0 spiro atoms. The van der Waals surface area contributed by atoms with E-state index in [0.717, 1.165) is 120 Å². The third-order valence-corrected chi connectivity index (χ3v) is 9.78. The zero-order valence-electron chi connectivity index (χ0n) is 33.3. The van der Waals surface area contributed by atoms with Crippen molar-refractivity contribution in [3.63, 3.8) is 0 Å². The predicted octanol–water partition coefficient (Wildman–Crippen LogP) is 5.27. The summed E-state index contributed by atoms with van der Waals surface area (Å²) < 4.78 is 0. The Balaban J connectivity index is 0.000000173. The van der Waals surface area contributed by atoms with Gasteiger partial charge in [0.25, 0.3) is 0 Å². The van der Waals surface area contributed by atoms with Gasteiger partial charge in [0.05, 0.1) is 0 Å². The molecule has 3 aliphatic rings. The van der Waals surface area contributed by atoms with Crippen molar-refractivity contribution in [3.8, 4) is 0 Å². The smallest absolute Gasteiger partial charge is 0.225 e. The second kappa shape index (κ2) is 19.4. The van der Waals surface area contributed by atoms with Crippen LogP contribution in [0.25, 0.3) is 0 Å². The first-order valence-electron chi connectivity index (χ1n) is 19.3. The highest BCUT2D eigenvalue weighted by Gasteiger charge is 2.27. The molecule has 6 rings (SSSR count). The fourth-order valence-corrected chi connectivity index (χ4v) is 6.21. The van der Waals surface area contributed by atoms with Gasteiger partial charge >= 0.3 is 0 Å². The number of aromatic nitrogens is 6. The second-order valence-electron chi connectivity index (χ2n) is 15.6. The number of likely N-dealkylation sites (N-methyl/N-ethyl adjacent to an activating group) is 1. The molecule has 3 aromatic heterocycles. The van der Waals surface area contributed by atoms with Gasteiger partial charge in [-0.1, -0.05) is 48.5 Å². The van der Waals surface area contributed by atoms with Crippen LogP contribution in [0.1, 0.15) is 104 Å². The zero-order valence-corrected chi connectivity index (χ0v) is 33.3. The maximum Gasteiger partial charge on any atom is 0.225 e. The number of rotatable bonds is 7. The lowest BCUT2D eigenvalue weighted by Gasteiger charge is -2.42. The summed E-state index contributed by atoms with van der Waals surface area (Å²) in [6, 6.07) is 6.02. The Morgan fingerprint density at radius 1 is 0.549 bits per heavy atom. The molecule has 0 aromatic carbocycles. The van der Waals surface area contributed by atoms with Crippen LogP contribution in [0.5, 0.6) is 0 Å². The summed E-state index contributed by atoms with van der Waals surface area (Å²) >= 11 is 0. The van der Waals surface area contributed by atoms with Gasteiger partial charge in [-0.15, -0.1) is 0 Å². The van der Waals surface area contributed by atoms with Crippen molar-refractivity contribution in [3.05, 3.63) is 53.9 Å². The Kier molecular flexibility index (Phi) is 15.3. The van der Waals surface area contributed by atoms with Crippen LogP contribution < -0.4 is 20.0 Å². The van der Waals surface area contributed by atoms with Gasteiger partial charge in [0.1, 0.15) is 0 Å². The molecule has 0 unspecified atom stereocenters. The van der Waals surface area contributed by atoms with Crippen LogP contribution in [0.15, 0.2) is 36.8 Å². The summed E-state index contributed by atoms with van der Waals surface area (Å²) in [4.78, 5) is 38.9. The van der Waals surface area contributed by atoms with E-state index in [1.165, 1.54) is 0 Å². The summed E-state index contributed by atoms with van der Waals surface area (Å²) in [7, 11) is 0. The highest BCUT2D eigenvalue weighted by atomic mass is 15.3. The Morgan fingerprint density at radius 2 is 0.902 bits per heavy atom. The fourth-order valence-electron chi connectivity index (χ4n) is 6.21. The van der Waals surface area contributed by atoms with Gasteiger partial charge < -0.3 is 24.9 Å². The van der Waals surface area contributed by atoms with Crippen LogP contribution in [0.3, 0.4) is 0 Å². The molecule has 3 aromatic rings. The van der Waals surface area contributed by atoms with E-state index in [9.17, 15) is 0 Å². The Bertz CT molecular complexity index is 1430. The van der Waals surface area contributed by atoms with E-state index in [0.29, 0.717) is 17.8 Å². The van der Waals surface area contributed by atoms with E-state index in [2.05, 4.69) is 129 Å². The lowest BCUT2D eigenvalue weighted by molar-refractivity contribution is 0.128. The van der Waals surface area contributed by atoms with E-state index < -0.39 is 0 Å². The van der Waals surface area contributed by atoms with E-state index in [-0.39, 0.29) is 5.54 Å². The summed E-state index contributed by atoms with van der Waals surface area (Å²) in [5, 5.41) is 3.32. The van der Waals surface area contributed by atoms with Gasteiger partial charge in [-0.05, 0) is 63.3 Å². The lowest BCUT2D eigenvalue weighted by atomic mass is 10.1. The van der Waals surface area contributed by atoms with E-state index in [1.54, 1.807) is 0 Å². The Morgan fingerprint density at radius 3 is 1.24 bits per heavy atom. The molecular formula is C39H66N12. The van der Waals surface area contributed by atoms with Gasteiger partial charge in [0.2, 0.25) is 17.8 Å². The zero-order chi connectivity index (χ0) is 37.0. The molecule has 3 saturated heterocycles. The summed E-state index contributed by atoms with van der Waals surface area (Å²) in [6.45, 7) is 35.7. The van der Waals surface area contributed by atoms with Crippen molar-refractivity contribution in [2.45, 2.75) is 92.5 Å². The molecule has 282 valence electrons. The van der Waals surface area contributed by atoms with Crippen LogP contribution in [0, 0.1) is 0 Å².